The zero-order valence-electron chi connectivity index (χ0n) is 15.6. The van der Waals surface area contributed by atoms with Crippen molar-refractivity contribution in [1.29, 1.82) is 0 Å². The molecule has 0 fully saturated rings. The highest BCUT2D eigenvalue weighted by atomic mass is 16.5. The lowest BCUT2D eigenvalue weighted by atomic mass is 10.0. The Balaban J connectivity index is 2.06. The number of nitrogens with one attached hydrogen (secondary N) is 2. The van der Waals surface area contributed by atoms with Gasteiger partial charge in [-0.1, -0.05) is 24.3 Å². The first-order valence-electron chi connectivity index (χ1n) is 8.51. The highest BCUT2D eigenvalue weighted by Gasteiger charge is 2.20. The number of ether oxygens (including phenoxy) is 2. The number of hydrogen-bond acceptors (Lipinski definition) is 5. The van der Waals surface area contributed by atoms with E-state index in [1.165, 1.54) is 14.2 Å². The number of carbonyl (C=O) groups is 3. The van der Waals surface area contributed by atoms with Crippen molar-refractivity contribution >= 4 is 17.8 Å². The fourth-order valence-electron chi connectivity index (χ4n) is 2.59. The standard InChI is InChI=1S/C20H22N2O6/c1-27-16-9-8-14(10-17(16)28-2)15(11-19(24)25)22-18(23)12-21-20(26)13-6-4-3-5-7-13/h3-10,15H,11-12H2,1-2H3,(H,21,26)(H,22,23)(H,24,25). The minimum atomic E-state index is -1.08. The van der Waals surface area contributed by atoms with Crippen LogP contribution in [0.5, 0.6) is 11.5 Å². The van der Waals surface area contributed by atoms with Crippen molar-refractivity contribution < 1.29 is 29.0 Å². The SMILES string of the molecule is COc1ccc(C(CC(=O)O)NC(=O)CNC(=O)c2ccccc2)cc1OC. The summed E-state index contributed by atoms with van der Waals surface area (Å²) in [5.74, 6) is -1.07. The van der Waals surface area contributed by atoms with Gasteiger partial charge in [-0.2, -0.15) is 0 Å². The lowest BCUT2D eigenvalue weighted by Gasteiger charge is -2.19. The molecule has 148 valence electrons. The van der Waals surface area contributed by atoms with Crippen molar-refractivity contribution in [2.45, 2.75) is 12.5 Å². The van der Waals surface area contributed by atoms with Crippen molar-refractivity contribution in [1.82, 2.24) is 10.6 Å². The minimum Gasteiger partial charge on any atom is -0.493 e. The summed E-state index contributed by atoms with van der Waals surface area (Å²) in [6, 6.07) is 12.6. The third-order valence-electron chi connectivity index (χ3n) is 3.97. The molecule has 0 aromatic heterocycles. The van der Waals surface area contributed by atoms with E-state index in [0.717, 1.165) is 0 Å². The average molecular weight is 386 g/mol. The van der Waals surface area contributed by atoms with E-state index < -0.39 is 23.8 Å². The maximum Gasteiger partial charge on any atom is 0.305 e. The molecule has 0 heterocycles. The number of benzene rings is 2. The average Bonchev–Trinajstić information content (AvgIpc) is 2.71. The Morgan fingerprint density at radius 1 is 1.00 bits per heavy atom. The van der Waals surface area contributed by atoms with Gasteiger partial charge in [-0.05, 0) is 29.8 Å². The summed E-state index contributed by atoms with van der Waals surface area (Å²) in [5, 5.41) is 14.3. The first kappa shape index (κ1) is 20.8. The lowest BCUT2D eigenvalue weighted by molar-refractivity contribution is -0.137. The molecule has 8 nitrogen and oxygen atoms in total. The zero-order valence-corrected chi connectivity index (χ0v) is 15.6. The van der Waals surface area contributed by atoms with E-state index in [1.54, 1.807) is 48.5 Å². The van der Waals surface area contributed by atoms with Crippen molar-refractivity contribution in [3.63, 3.8) is 0 Å². The molecule has 1 unspecified atom stereocenters. The Morgan fingerprint density at radius 2 is 1.68 bits per heavy atom. The van der Waals surface area contributed by atoms with E-state index in [0.29, 0.717) is 22.6 Å². The Morgan fingerprint density at radius 3 is 2.29 bits per heavy atom. The van der Waals surface area contributed by atoms with Gasteiger partial charge in [0.25, 0.3) is 5.91 Å². The molecule has 0 bridgehead atoms. The van der Waals surface area contributed by atoms with Crippen molar-refractivity contribution in [2.75, 3.05) is 20.8 Å². The smallest absolute Gasteiger partial charge is 0.305 e. The summed E-state index contributed by atoms with van der Waals surface area (Å²) in [6.45, 7) is -0.281. The van der Waals surface area contributed by atoms with Gasteiger partial charge in [0.2, 0.25) is 5.91 Å². The molecule has 2 aromatic rings. The minimum absolute atomic E-state index is 0.281. The fourth-order valence-corrected chi connectivity index (χ4v) is 2.59. The second kappa shape index (κ2) is 9.96. The van der Waals surface area contributed by atoms with Crippen LogP contribution in [0, 0.1) is 0 Å². The molecule has 0 aliphatic carbocycles. The topological polar surface area (TPSA) is 114 Å². The van der Waals surface area contributed by atoms with Crippen LogP contribution in [0.4, 0.5) is 0 Å². The van der Waals surface area contributed by atoms with E-state index in [9.17, 15) is 19.5 Å². The summed E-state index contributed by atoms with van der Waals surface area (Å²) in [6.07, 6.45) is -0.326. The summed E-state index contributed by atoms with van der Waals surface area (Å²) in [7, 11) is 2.95. The van der Waals surface area contributed by atoms with Crippen LogP contribution in [0.1, 0.15) is 28.4 Å². The van der Waals surface area contributed by atoms with Crippen LogP contribution in [-0.4, -0.2) is 43.7 Å². The molecule has 0 aliphatic rings. The normalized spacial score (nSPS) is 11.2. The largest absolute Gasteiger partial charge is 0.493 e. The molecule has 0 spiro atoms. The quantitative estimate of drug-likeness (QED) is 0.605. The second-order valence-electron chi connectivity index (χ2n) is 5.88. The third kappa shape index (κ3) is 5.73. The van der Waals surface area contributed by atoms with Crippen LogP contribution in [-0.2, 0) is 9.59 Å². The highest BCUT2D eigenvalue weighted by molar-refractivity contribution is 5.96. The molecule has 0 saturated carbocycles. The Bertz CT molecular complexity index is 838. The molecule has 0 radical (unpaired) electrons. The molecular formula is C20H22N2O6. The molecular weight excluding hydrogens is 364 g/mol. The van der Waals surface area contributed by atoms with Crippen LogP contribution >= 0.6 is 0 Å². The van der Waals surface area contributed by atoms with Crippen molar-refractivity contribution in [3.05, 3.63) is 59.7 Å². The Hall–Kier alpha value is -3.55. The van der Waals surface area contributed by atoms with Crippen molar-refractivity contribution in [3.8, 4) is 11.5 Å². The van der Waals surface area contributed by atoms with E-state index in [1.807, 2.05) is 0 Å². The van der Waals surface area contributed by atoms with E-state index in [-0.39, 0.29) is 13.0 Å². The molecule has 8 heteroatoms. The molecule has 28 heavy (non-hydrogen) atoms. The summed E-state index contributed by atoms with van der Waals surface area (Å²) in [4.78, 5) is 35.5. The Kier molecular flexibility index (Phi) is 7.38. The molecule has 2 amide bonds. The molecule has 3 N–H and O–H groups in total. The summed E-state index contributed by atoms with van der Waals surface area (Å²) < 4.78 is 10.4. The number of carboxylic acids is 1. The van der Waals surface area contributed by atoms with Crippen LogP contribution in [0.15, 0.2) is 48.5 Å². The maximum atomic E-state index is 12.2. The predicted molar refractivity (Wildman–Crippen MR) is 101 cm³/mol. The fraction of sp³-hybridized carbons (Fsp3) is 0.250. The molecule has 1 atom stereocenters. The summed E-state index contributed by atoms with van der Waals surface area (Å²) in [5.41, 5.74) is 0.972. The first-order chi connectivity index (χ1) is 13.4. The number of carboxylic acid groups (broad SMARTS) is 1. The lowest BCUT2D eigenvalue weighted by Crippen LogP contribution is -2.39. The number of methoxy groups -OCH3 is 2. The molecule has 2 aromatic carbocycles. The van der Waals surface area contributed by atoms with Crippen LogP contribution < -0.4 is 20.1 Å². The molecule has 2 rings (SSSR count). The van der Waals surface area contributed by atoms with Gasteiger partial charge in [-0.3, -0.25) is 14.4 Å². The second-order valence-corrected chi connectivity index (χ2v) is 5.88. The van der Waals surface area contributed by atoms with Gasteiger partial charge in [0.1, 0.15) is 0 Å². The summed E-state index contributed by atoms with van der Waals surface area (Å²) >= 11 is 0. The maximum absolute atomic E-state index is 12.2. The first-order valence-corrected chi connectivity index (χ1v) is 8.51. The van der Waals surface area contributed by atoms with Gasteiger partial charge in [-0.15, -0.1) is 0 Å². The van der Waals surface area contributed by atoms with Gasteiger partial charge < -0.3 is 25.2 Å². The van der Waals surface area contributed by atoms with E-state index in [4.69, 9.17) is 9.47 Å². The Labute approximate surface area is 162 Å². The van der Waals surface area contributed by atoms with Crippen LogP contribution in [0.3, 0.4) is 0 Å². The van der Waals surface area contributed by atoms with Gasteiger partial charge in [0, 0.05) is 5.56 Å². The van der Waals surface area contributed by atoms with Crippen molar-refractivity contribution in [2.24, 2.45) is 0 Å². The number of aliphatic carboxylic acids is 1. The third-order valence-corrected chi connectivity index (χ3v) is 3.97. The number of rotatable bonds is 9. The number of carbonyl (C=O) groups excluding carboxylic acids is 2. The number of hydrogen-bond donors (Lipinski definition) is 3. The molecule has 0 saturated heterocycles. The van der Waals surface area contributed by atoms with Gasteiger partial charge in [0.05, 0.1) is 33.2 Å². The van der Waals surface area contributed by atoms with Crippen LogP contribution in [0.25, 0.3) is 0 Å². The monoisotopic (exact) mass is 386 g/mol. The van der Waals surface area contributed by atoms with Gasteiger partial charge in [0.15, 0.2) is 11.5 Å². The van der Waals surface area contributed by atoms with Gasteiger partial charge >= 0.3 is 5.97 Å². The number of amides is 2. The predicted octanol–water partition coefficient (Wildman–Crippen LogP) is 1.77. The van der Waals surface area contributed by atoms with Crippen LogP contribution in [0.2, 0.25) is 0 Å². The van der Waals surface area contributed by atoms with E-state index in [2.05, 4.69) is 10.6 Å². The highest BCUT2D eigenvalue weighted by Crippen LogP contribution is 2.30. The molecule has 0 aliphatic heterocycles. The zero-order chi connectivity index (χ0) is 20.5. The van der Waals surface area contributed by atoms with E-state index >= 15 is 0 Å². The van der Waals surface area contributed by atoms with Gasteiger partial charge in [-0.25, -0.2) is 0 Å².